The number of imidazole rings is 1. The lowest BCUT2D eigenvalue weighted by Gasteiger charge is -2.18. The minimum Gasteiger partial charge on any atom is -0.484 e. The van der Waals surface area contributed by atoms with Gasteiger partial charge in [0.15, 0.2) is 6.61 Å². The van der Waals surface area contributed by atoms with Crippen LogP contribution in [0, 0.1) is 25.6 Å². The zero-order valence-corrected chi connectivity index (χ0v) is 14.0. The van der Waals surface area contributed by atoms with Crippen LogP contribution in [0.15, 0.2) is 30.5 Å². The normalized spacial score (nSPS) is 17.3. The molecular weight excluding hydrogens is 309 g/mol. The zero-order valence-electron chi connectivity index (χ0n) is 14.0. The molecule has 2 aromatic rings. The van der Waals surface area contributed by atoms with Crippen molar-refractivity contribution >= 4 is 5.91 Å². The second kappa shape index (κ2) is 7.03. The van der Waals surface area contributed by atoms with Gasteiger partial charge in [0.2, 0.25) is 0 Å². The lowest BCUT2D eigenvalue weighted by Crippen LogP contribution is -2.33. The number of nitrogens with zero attached hydrogens (tertiary/aromatic N) is 3. The van der Waals surface area contributed by atoms with Gasteiger partial charge in [-0.25, -0.2) is 9.37 Å². The third-order valence-electron chi connectivity index (χ3n) is 4.51. The summed E-state index contributed by atoms with van der Waals surface area (Å²) in [5, 5.41) is 0. The van der Waals surface area contributed by atoms with Gasteiger partial charge in [-0.05, 0) is 50.5 Å². The summed E-state index contributed by atoms with van der Waals surface area (Å²) in [5.74, 6) is 1.61. The first kappa shape index (κ1) is 16.5. The summed E-state index contributed by atoms with van der Waals surface area (Å²) in [7, 11) is 0. The third-order valence-corrected chi connectivity index (χ3v) is 4.51. The molecule has 2 heterocycles. The predicted octanol–water partition coefficient (Wildman–Crippen LogP) is 2.57. The summed E-state index contributed by atoms with van der Waals surface area (Å²) in [4.78, 5) is 18.4. The summed E-state index contributed by atoms with van der Waals surface area (Å²) in [6, 6.07) is 5.70. The van der Waals surface area contributed by atoms with Crippen LogP contribution in [0.2, 0.25) is 0 Å². The number of ether oxygens (including phenoxy) is 1. The first-order chi connectivity index (χ1) is 11.5. The average Bonchev–Trinajstić information content (AvgIpc) is 3.16. The molecule has 1 amide bonds. The van der Waals surface area contributed by atoms with E-state index in [1.54, 1.807) is 0 Å². The number of amides is 1. The fourth-order valence-corrected chi connectivity index (χ4v) is 3.09. The number of rotatable bonds is 5. The van der Waals surface area contributed by atoms with Crippen molar-refractivity contribution < 1.29 is 13.9 Å². The van der Waals surface area contributed by atoms with Crippen LogP contribution in [-0.4, -0.2) is 40.1 Å². The molecule has 1 unspecified atom stereocenters. The topological polar surface area (TPSA) is 47.4 Å². The molecule has 5 nitrogen and oxygen atoms in total. The Morgan fingerprint density at radius 1 is 1.33 bits per heavy atom. The molecule has 1 saturated heterocycles. The highest BCUT2D eigenvalue weighted by Crippen LogP contribution is 2.20. The smallest absolute Gasteiger partial charge is 0.260 e. The van der Waals surface area contributed by atoms with Crippen LogP contribution in [0.1, 0.15) is 17.9 Å². The van der Waals surface area contributed by atoms with Gasteiger partial charge in [-0.3, -0.25) is 4.79 Å². The van der Waals surface area contributed by atoms with Gasteiger partial charge in [-0.15, -0.1) is 0 Å². The first-order valence-electron chi connectivity index (χ1n) is 8.18. The number of hydrogen-bond acceptors (Lipinski definition) is 3. The molecule has 1 fully saturated rings. The molecular formula is C18H22FN3O2. The molecule has 0 spiro atoms. The fourth-order valence-electron chi connectivity index (χ4n) is 3.09. The number of aryl methyl sites for hydroxylation is 2. The average molecular weight is 331 g/mol. The Balaban J connectivity index is 1.49. The number of likely N-dealkylation sites (tertiary alicyclic amines) is 1. The molecule has 0 saturated carbocycles. The highest BCUT2D eigenvalue weighted by molar-refractivity contribution is 5.78. The van der Waals surface area contributed by atoms with E-state index in [1.165, 1.54) is 24.3 Å². The Morgan fingerprint density at radius 3 is 2.75 bits per heavy atom. The van der Waals surface area contributed by atoms with E-state index < -0.39 is 0 Å². The molecule has 24 heavy (non-hydrogen) atoms. The van der Waals surface area contributed by atoms with Crippen LogP contribution in [-0.2, 0) is 11.3 Å². The van der Waals surface area contributed by atoms with E-state index in [4.69, 9.17) is 4.74 Å². The molecule has 0 bridgehead atoms. The van der Waals surface area contributed by atoms with Crippen molar-refractivity contribution in [1.29, 1.82) is 0 Å². The van der Waals surface area contributed by atoms with E-state index in [0.717, 1.165) is 37.6 Å². The number of halogens is 1. The Hall–Kier alpha value is -2.37. The SMILES string of the molecule is Cc1cnc(C)n1CC1CCN(C(=O)COc2ccc(F)cc2)C1. The van der Waals surface area contributed by atoms with Crippen LogP contribution in [0.3, 0.4) is 0 Å². The minimum atomic E-state index is -0.318. The standard InChI is InChI=1S/C18H22FN3O2/c1-13-9-20-14(2)22(13)11-15-7-8-21(10-15)18(23)12-24-17-5-3-16(19)4-6-17/h3-6,9,15H,7-8,10-12H2,1-2H3. The van der Waals surface area contributed by atoms with Crippen molar-refractivity contribution in [3.05, 3.63) is 47.8 Å². The van der Waals surface area contributed by atoms with Gasteiger partial charge < -0.3 is 14.2 Å². The molecule has 1 atom stereocenters. The number of carbonyl (C=O) groups is 1. The fraction of sp³-hybridized carbons (Fsp3) is 0.444. The maximum absolute atomic E-state index is 12.8. The number of aromatic nitrogens is 2. The summed E-state index contributed by atoms with van der Waals surface area (Å²) < 4.78 is 20.5. The molecule has 1 aromatic heterocycles. The van der Waals surface area contributed by atoms with Gasteiger partial charge in [0.1, 0.15) is 17.4 Å². The van der Waals surface area contributed by atoms with E-state index in [0.29, 0.717) is 11.7 Å². The zero-order chi connectivity index (χ0) is 17.1. The van der Waals surface area contributed by atoms with Crippen molar-refractivity contribution in [2.24, 2.45) is 5.92 Å². The Morgan fingerprint density at radius 2 is 2.08 bits per heavy atom. The Labute approximate surface area is 141 Å². The van der Waals surface area contributed by atoms with Gasteiger partial charge in [0.25, 0.3) is 5.91 Å². The van der Waals surface area contributed by atoms with Crippen molar-refractivity contribution in [3.8, 4) is 5.75 Å². The summed E-state index contributed by atoms with van der Waals surface area (Å²) in [6.45, 7) is 6.42. The van der Waals surface area contributed by atoms with E-state index in [9.17, 15) is 9.18 Å². The number of benzene rings is 1. The van der Waals surface area contributed by atoms with Gasteiger partial charge in [-0.2, -0.15) is 0 Å². The Bertz CT molecular complexity index is 692. The van der Waals surface area contributed by atoms with Crippen molar-refractivity contribution in [3.63, 3.8) is 0 Å². The molecule has 0 aliphatic carbocycles. The van der Waals surface area contributed by atoms with Crippen LogP contribution in [0.5, 0.6) is 5.75 Å². The molecule has 128 valence electrons. The summed E-state index contributed by atoms with van der Waals surface area (Å²) in [5.41, 5.74) is 1.15. The number of hydrogen-bond donors (Lipinski definition) is 0. The number of carbonyl (C=O) groups excluding carboxylic acids is 1. The van der Waals surface area contributed by atoms with Crippen molar-refractivity contribution in [2.45, 2.75) is 26.8 Å². The maximum atomic E-state index is 12.8. The van der Waals surface area contributed by atoms with E-state index in [1.807, 2.05) is 18.0 Å². The first-order valence-corrected chi connectivity index (χ1v) is 8.18. The summed E-state index contributed by atoms with van der Waals surface area (Å²) in [6.07, 6.45) is 2.86. The predicted molar refractivity (Wildman–Crippen MR) is 88.3 cm³/mol. The van der Waals surface area contributed by atoms with Crippen LogP contribution in [0.25, 0.3) is 0 Å². The third kappa shape index (κ3) is 3.75. The summed E-state index contributed by atoms with van der Waals surface area (Å²) >= 11 is 0. The van der Waals surface area contributed by atoms with Gasteiger partial charge in [-0.1, -0.05) is 0 Å². The Kier molecular flexibility index (Phi) is 4.83. The van der Waals surface area contributed by atoms with E-state index in [-0.39, 0.29) is 18.3 Å². The lowest BCUT2D eigenvalue weighted by molar-refractivity contribution is -0.132. The van der Waals surface area contributed by atoms with Crippen molar-refractivity contribution in [2.75, 3.05) is 19.7 Å². The molecule has 1 aliphatic heterocycles. The van der Waals surface area contributed by atoms with Crippen LogP contribution in [0.4, 0.5) is 4.39 Å². The molecule has 6 heteroatoms. The maximum Gasteiger partial charge on any atom is 0.260 e. The van der Waals surface area contributed by atoms with Gasteiger partial charge in [0.05, 0.1) is 0 Å². The second-order valence-corrected chi connectivity index (χ2v) is 6.29. The molecule has 0 radical (unpaired) electrons. The molecule has 3 rings (SSSR count). The molecule has 1 aromatic carbocycles. The highest BCUT2D eigenvalue weighted by atomic mass is 19.1. The monoisotopic (exact) mass is 331 g/mol. The van der Waals surface area contributed by atoms with Gasteiger partial charge >= 0.3 is 0 Å². The van der Waals surface area contributed by atoms with Crippen LogP contribution < -0.4 is 4.74 Å². The highest BCUT2D eigenvalue weighted by Gasteiger charge is 2.27. The quantitative estimate of drug-likeness (QED) is 0.846. The minimum absolute atomic E-state index is 0.0124. The second-order valence-electron chi connectivity index (χ2n) is 6.29. The molecule has 1 aliphatic rings. The van der Waals surface area contributed by atoms with E-state index >= 15 is 0 Å². The largest absolute Gasteiger partial charge is 0.484 e. The van der Waals surface area contributed by atoms with Gasteiger partial charge in [0, 0.05) is 31.5 Å². The van der Waals surface area contributed by atoms with Crippen molar-refractivity contribution in [1.82, 2.24) is 14.5 Å². The van der Waals surface area contributed by atoms with E-state index in [2.05, 4.69) is 16.5 Å². The van der Waals surface area contributed by atoms with Crippen LogP contribution >= 0.6 is 0 Å². The molecule has 0 N–H and O–H groups in total. The lowest BCUT2D eigenvalue weighted by atomic mass is 10.1.